The molecule has 7 heteroatoms. The van der Waals surface area contributed by atoms with Gasteiger partial charge in [-0.15, -0.1) is 0 Å². The van der Waals surface area contributed by atoms with E-state index in [1.807, 2.05) is 24.7 Å². The van der Waals surface area contributed by atoms with E-state index in [0.29, 0.717) is 29.7 Å². The van der Waals surface area contributed by atoms with Crippen LogP contribution in [0.2, 0.25) is 0 Å². The number of nitrogens with zero attached hydrogens (tertiary/aromatic N) is 3. The number of carbonyl (C=O) groups is 1. The lowest BCUT2D eigenvalue weighted by molar-refractivity contribution is 0.250. The predicted molar refractivity (Wildman–Crippen MR) is 93.3 cm³/mol. The van der Waals surface area contributed by atoms with Gasteiger partial charge in [-0.2, -0.15) is 5.10 Å². The van der Waals surface area contributed by atoms with E-state index in [1.54, 1.807) is 25.4 Å². The van der Waals surface area contributed by atoms with Crippen LogP contribution in [0.5, 0.6) is 5.88 Å². The van der Waals surface area contributed by atoms with Crippen LogP contribution in [0.4, 0.5) is 10.5 Å². The highest BCUT2D eigenvalue weighted by Crippen LogP contribution is 2.23. The fraction of sp³-hybridized carbons (Fsp3) is 0.471. The first-order chi connectivity index (χ1) is 11.4. The minimum Gasteiger partial charge on any atom is -0.481 e. The van der Waals surface area contributed by atoms with Crippen LogP contribution in [-0.4, -0.2) is 34.5 Å². The molecule has 130 valence electrons. The van der Waals surface area contributed by atoms with Gasteiger partial charge >= 0.3 is 6.03 Å². The molecule has 2 aromatic heterocycles. The Morgan fingerprint density at radius 1 is 1.33 bits per heavy atom. The minimum absolute atomic E-state index is 0.193. The van der Waals surface area contributed by atoms with Crippen molar-refractivity contribution in [3.05, 3.63) is 35.8 Å². The first-order valence-corrected chi connectivity index (χ1v) is 7.96. The number of rotatable bonds is 6. The van der Waals surface area contributed by atoms with Crippen molar-refractivity contribution in [1.82, 2.24) is 20.1 Å². The second-order valence-electron chi connectivity index (χ2n) is 6.05. The molecular formula is C17H25N5O2. The van der Waals surface area contributed by atoms with Gasteiger partial charge in [0.15, 0.2) is 0 Å². The summed E-state index contributed by atoms with van der Waals surface area (Å²) in [6.07, 6.45) is 1.77. The van der Waals surface area contributed by atoms with Gasteiger partial charge < -0.3 is 15.4 Å². The normalized spacial score (nSPS) is 12.1. The van der Waals surface area contributed by atoms with Crippen LogP contribution < -0.4 is 15.4 Å². The summed E-state index contributed by atoms with van der Waals surface area (Å²) in [7, 11) is 3.48. The van der Waals surface area contributed by atoms with Crippen LogP contribution in [-0.2, 0) is 7.05 Å². The summed E-state index contributed by atoms with van der Waals surface area (Å²) in [6.45, 7) is 6.62. The highest BCUT2D eigenvalue weighted by Gasteiger charge is 2.20. The summed E-state index contributed by atoms with van der Waals surface area (Å²) >= 11 is 0. The number of hydrogen-bond donors (Lipinski definition) is 2. The third-order valence-electron chi connectivity index (χ3n) is 4.04. The van der Waals surface area contributed by atoms with E-state index in [4.69, 9.17) is 4.74 Å². The summed E-state index contributed by atoms with van der Waals surface area (Å²) in [5.41, 5.74) is 2.47. The molecule has 2 heterocycles. The van der Waals surface area contributed by atoms with E-state index in [1.165, 1.54) is 0 Å². The molecule has 0 saturated heterocycles. The molecule has 7 nitrogen and oxygen atoms in total. The fourth-order valence-electron chi connectivity index (χ4n) is 2.58. The number of hydrogen-bond acceptors (Lipinski definition) is 4. The van der Waals surface area contributed by atoms with Gasteiger partial charge in [0.2, 0.25) is 5.88 Å². The highest BCUT2D eigenvalue weighted by atomic mass is 16.5. The van der Waals surface area contributed by atoms with Gasteiger partial charge in [0.05, 0.1) is 18.5 Å². The molecule has 1 atom stereocenters. The maximum atomic E-state index is 12.2. The highest BCUT2D eigenvalue weighted by molar-refractivity contribution is 5.89. The Morgan fingerprint density at radius 3 is 2.62 bits per heavy atom. The van der Waals surface area contributed by atoms with Gasteiger partial charge in [-0.05, 0) is 25.0 Å². The van der Waals surface area contributed by atoms with E-state index < -0.39 is 0 Å². The van der Waals surface area contributed by atoms with Gasteiger partial charge in [-0.1, -0.05) is 13.8 Å². The van der Waals surface area contributed by atoms with Crippen molar-refractivity contribution in [1.29, 1.82) is 0 Å². The number of anilines is 1. The topological polar surface area (TPSA) is 81.1 Å². The summed E-state index contributed by atoms with van der Waals surface area (Å²) in [4.78, 5) is 16.4. The number of ether oxygens (including phenoxy) is 1. The second kappa shape index (κ2) is 7.81. The number of methoxy groups -OCH3 is 1. The Morgan fingerprint density at radius 2 is 2.08 bits per heavy atom. The Labute approximate surface area is 142 Å². The van der Waals surface area contributed by atoms with Crippen molar-refractivity contribution < 1.29 is 9.53 Å². The third kappa shape index (κ3) is 4.24. The molecule has 0 unspecified atom stereocenters. The molecule has 0 aliphatic carbocycles. The van der Waals surface area contributed by atoms with Crippen molar-refractivity contribution in [2.45, 2.75) is 26.7 Å². The standard InChI is InChI=1S/C17H25N5O2/c1-11(2)13(15-8-9-19-22(15)4)10-18-17(23)21-14-6-7-16(24-5)20-12(14)3/h6-9,11,13H,10H2,1-5H3,(H2,18,21,23)/t13-/m1/s1. The molecule has 0 fully saturated rings. The molecule has 0 saturated carbocycles. The zero-order chi connectivity index (χ0) is 17.7. The SMILES string of the molecule is COc1ccc(NC(=O)NC[C@@H](c2ccnn2C)C(C)C)c(C)n1. The number of amides is 2. The molecule has 0 aliphatic rings. The van der Waals surface area contributed by atoms with E-state index in [-0.39, 0.29) is 11.9 Å². The maximum Gasteiger partial charge on any atom is 0.319 e. The maximum absolute atomic E-state index is 12.2. The average molecular weight is 331 g/mol. The van der Waals surface area contributed by atoms with Crippen LogP contribution in [0.1, 0.15) is 31.2 Å². The molecule has 0 aromatic carbocycles. The van der Waals surface area contributed by atoms with Crippen molar-refractivity contribution in [3.63, 3.8) is 0 Å². The number of carbonyl (C=O) groups excluding carboxylic acids is 1. The molecule has 0 aliphatic heterocycles. The molecule has 24 heavy (non-hydrogen) atoms. The minimum atomic E-state index is -0.252. The Kier molecular flexibility index (Phi) is 5.78. The van der Waals surface area contributed by atoms with Gasteiger partial charge in [-0.3, -0.25) is 4.68 Å². The summed E-state index contributed by atoms with van der Waals surface area (Å²) in [6, 6.07) is 5.23. The van der Waals surface area contributed by atoms with Crippen LogP contribution in [0.3, 0.4) is 0 Å². The molecule has 2 N–H and O–H groups in total. The number of urea groups is 1. The summed E-state index contributed by atoms with van der Waals surface area (Å²) in [5, 5.41) is 9.97. The smallest absolute Gasteiger partial charge is 0.319 e. The van der Waals surface area contributed by atoms with Crippen molar-refractivity contribution in [2.24, 2.45) is 13.0 Å². The monoisotopic (exact) mass is 331 g/mol. The molecule has 2 rings (SSSR count). The first-order valence-electron chi connectivity index (χ1n) is 7.96. The fourth-order valence-corrected chi connectivity index (χ4v) is 2.58. The van der Waals surface area contributed by atoms with Gasteiger partial charge in [0.25, 0.3) is 0 Å². The van der Waals surface area contributed by atoms with Crippen molar-refractivity contribution in [3.8, 4) is 5.88 Å². The number of nitrogens with one attached hydrogen (secondary N) is 2. The van der Waals surface area contributed by atoms with Gasteiger partial charge in [-0.25, -0.2) is 9.78 Å². The molecule has 0 radical (unpaired) electrons. The second-order valence-corrected chi connectivity index (χ2v) is 6.05. The molecule has 2 amide bonds. The van der Waals surface area contributed by atoms with Crippen molar-refractivity contribution in [2.75, 3.05) is 19.0 Å². The van der Waals surface area contributed by atoms with E-state index in [2.05, 4.69) is 34.6 Å². The lowest BCUT2D eigenvalue weighted by atomic mass is 9.92. The Bertz CT molecular complexity index is 696. The van der Waals surface area contributed by atoms with Gasteiger partial charge in [0.1, 0.15) is 0 Å². The third-order valence-corrected chi connectivity index (χ3v) is 4.04. The quantitative estimate of drug-likeness (QED) is 0.853. The number of aromatic nitrogens is 3. The van der Waals surface area contributed by atoms with E-state index in [9.17, 15) is 4.79 Å². The zero-order valence-corrected chi connectivity index (χ0v) is 14.8. The summed E-state index contributed by atoms with van der Waals surface area (Å²) < 4.78 is 6.91. The largest absolute Gasteiger partial charge is 0.481 e. The Balaban J connectivity index is 1.98. The Hall–Kier alpha value is -2.57. The van der Waals surface area contributed by atoms with Crippen LogP contribution in [0.15, 0.2) is 24.4 Å². The number of pyridine rings is 1. The molecular weight excluding hydrogens is 306 g/mol. The lowest BCUT2D eigenvalue weighted by Gasteiger charge is -2.22. The van der Waals surface area contributed by atoms with E-state index in [0.717, 1.165) is 5.69 Å². The van der Waals surface area contributed by atoms with Crippen molar-refractivity contribution >= 4 is 11.7 Å². The molecule has 2 aromatic rings. The van der Waals surface area contributed by atoms with Gasteiger partial charge in [0, 0.05) is 37.5 Å². The van der Waals surface area contributed by atoms with Crippen LogP contribution in [0.25, 0.3) is 0 Å². The predicted octanol–water partition coefficient (Wildman–Crippen LogP) is 2.69. The van der Waals surface area contributed by atoms with E-state index >= 15 is 0 Å². The summed E-state index contributed by atoms with van der Waals surface area (Å²) in [5.74, 6) is 1.10. The molecule has 0 bridgehead atoms. The zero-order valence-electron chi connectivity index (χ0n) is 14.8. The first kappa shape index (κ1) is 17.8. The molecule has 0 spiro atoms. The van der Waals surface area contributed by atoms with Crippen LogP contribution >= 0.6 is 0 Å². The van der Waals surface area contributed by atoms with Crippen LogP contribution in [0, 0.1) is 12.8 Å². The number of aryl methyl sites for hydroxylation is 2. The average Bonchev–Trinajstić information content (AvgIpc) is 2.95. The lowest BCUT2D eigenvalue weighted by Crippen LogP contribution is -2.34.